The van der Waals surface area contributed by atoms with Gasteiger partial charge in [0.2, 0.25) is 0 Å². The largest absolute Gasteiger partial charge is 0.325 e. The van der Waals surface area contributed by atoms with E-state index in [1.54, 1.807) is 0 Å². The predicted octanol–water partition coefficient (Wildman–Crippen LogP) is 6.49. The van der Waals surface area contributed by atoms with E-state index in [-0.39, 0.29) is 24.6 Å². The Balaban J connectivity index is 0. The second-order valence-electron chi connectivity index (χ2n) is 10.6. The molecule has 0 aliphatic heterocycles. The average molecular weight is 661 g/mol. The minimum atomic E-state index is -3.81. The Morgan fingerprint density at radius 1 is 0.225 bits per heavy atom. The molecule has 0 spiro atoms. The van der Waals surface area contributed by atoms with Crippen LogP contribution in [0.15, 0.2) is 0 Å². The number of hydrogen-bond acceptors (Lipinski definition) is 4. The Hall–Kier alpha value is 0.600. The van der Waals surface area contributed by atoms with Gasteiger partial charge in [0.15, 0.2) is 0 Å². The smallest absolute Gasteiger partial charge is 0.324 e. The van der Waals surface area contributed by atoms with Gasteiger partial charge in [0, 0.05) is 24.6 Å². The summed E-state index contributed by atoms with van der Waals surface area (Å²) < 4.78 is 42.4. The predicted molar refractivity (Wildman–Crippen MR) is 160 cm³/mol. The Morgan fingerprint density at radius 3 is 0.425 bits per heavy atom. The average Bonchev–Trinajstić information content (AvgIpc) is 2.78. The molecular weight excluding hydrogens is 604 g/mol. The number of unbranched alkanes of at least 4 members (excludes halogenated alkanes) is 18. The Morgan fingerprint density at radius 2 is 0.325 bits per heavy atom. The van der Waals surface area contributed by atoms with Gasteiger partial charge in [-0.2, -0.15) is 0 Å². The van der Waals surface area contributed by atoms with Gasteiger partial charge in [0.1, 0.15) is 0 Å². The summed E-state index contributed by atoms with van der Waals surface area (Å²) in [6.45, 7) is 0. The van der Waals surface area contributed by atoms with Gasteiger partial charge >= 0.3 is 30.4 Å². The molecule has 0 rings (SSSR count). The molecule has 0 aliphatic rings. The van der Waals surface area contributed by atoms with Crippen LogP contribution in [-0.2, 0) is 18.3 Å². The summed E-state index contributed by atoms with van der Waals surface area (Å²) in [6.07, 6.45) is 18.7. The molecule has 16 heteroatoms. The van der Waals surface area contributed by atoms with Gasteiger partial charge in [-0.1, -0.05) is 103 Å². The second kappa shape index (κ2) is 25.0. The van der Waals surface area contributed by atoms with Crippen molar-refractivity contribution in [2.75, 3.05) is 24.6 Å². The van der Waals surface area contributed by atoms with Gasteiger partial charge in [-0.15, -0.1) is 0 Å². The number of rotatable bonds is 26. The minimum Gasteiger partial charge on any atom is -0.324 e. The van der Waals surface area contributed by atoms with E-state index in [4.69, 9.17) is 39.1 Å². The van der Waals surface area contributed by atoms with Crippen molar-refractivity contribution in [2.24, 2.45) is 0 Å². The third kappa shape index (κ3) is 45.6. The molecule has 0 saturated carbocycles. The van der Waals surface area contributed by atoms with Crippen molar-refractivity contribution in [2.45, 2.75) is 128 Å². The lowest BCUT2D eigenvalue weighted by atomic mass is 10.1. The molecule has 0 aromatic rings. The highest BCUT2D eigenvalue weighted by molar-refractivity contribution is 7.52. The van der Waals surface area contributed by atoms with E-state index in [1.807, 2.05) is 0 Å². The van der Waals surface area contributed by atoms with Crippen LogP contribution >= 0.6 is 30.4 Å². The van der Waals surface area contributed by atoms with Crippen LogP contribution < -0.4 is 0 Å². The molecule has 0 bridgehead atoms. The van der Waals surface area contributed by atoms with Gasteiger partial charge in [0.05, 0.1) is 0 Å². The maximum Gasteiger partial charge on any atom is 0.325 e. The highest BCUT2D eigenvalue weighted by Gasteiger charge is 2.13. The normalized spacial score (nSPS) is 12.8. The topological polar surface area (TPSA) is 230 Å². The quantitative estimate of drug-likeness (QED) is 0.0368. The van der Waals surface area contributed by atoms with E-state index >= 15 is 0 Å². The fourth-order valence-electron chi connectivity index (χ4n) is 4.10. The van der Waals surface area contributed by atoms with Crippen LogP contribution in [0.25, 0.3) is 0 Å². The van der Waals surface area contributed by atoms with E-state index in [0.717, 1.165) is 103 Å². The molecule has 8 N–H and O–H groups in total. The van der Waals surface area contributed by atoms with Gasteiger partial charge in [0.25, 0.3) is 0 Å². The fraction of sp³-hybridized carbons (Fsp3) is 1.00. The zero-order valence-electron chi connectivity index (χ0n) is 24.0. The monoisotopic (exact) mass is 660 g/mol. The molecule has 0 amide bonds. The van der Waals surface area contributed by atoms with Crippen LogP contribution in [0.2, 0.25) is 0 Å². The van der Waals surface area contributed by atoms with Gasteiger partial charge in [-0.05, 0) is 25.7 Å². The van der Waals surface area contributed by atoms with Crippen LogP contribution in [0.4, 0.5) is 0 Å². The SMILES string of the molecule is O=P(O)(O)CCCCCCCCCCCCP(=O)(O)O.O=P(O)(O)CCCCCCCCCCCCP(=O)(O)O. The Bertz CT molecular complexity index is 644. The molecular formula is C24H56O12P4. The first-order chi connectivity index (χ1) is 18.4. The molecule has 40 heavy (non-hydrogen) atoms. The summed E-state index contributed by atoms with van der Waals surface area (Å²) in [5, 5.41) is 0. The summed E-state index contributed by atoms with van der Waals surface area (Å²) >= 11 is 0. The first-order valence-electron chi connectivity index (χ1n) is 14.6. The van der Waals surface area contributed by atoms with Crippen molar-refractivity contribution in [1.82, 2.24) is 0 Å². The van der Waals surface area contributed by atoms with Gasteiger partial charge in [-0.25, -0.2) is 0 Å². The molecule has 0 radical (unpaired) electrons. The molecule has 0 fully saturated rings. The molecule has 0 unspecified atom stereocenters. The van der Waals surface area contributed by atoms with Crippen LogP contribution in [0.1, 0.15) is 128 Å². The first-order valence-corrected chi connectivity index (χ1v) is 21.8. The summed E-state index contributed by atoms with van der Waals surface area (Å²) in [5.74, 6) is 0. The zero-order chi connectivity index (χ0) is 31.0. The molecule has 0 saturated heterocycles. The standard InChI is InChI=1S/2C12H28O6P2/c2*13-19(14,15)11-9-7-5-3-1-2-4-6-8-10-12-20(16,17)18/h2*1-12H2,(H2,13,14,15)(H2,16,17,18). The van der Waals surface area contributed by atoms with Crippen molar-refractivity contribution in [3.05, 3.63) is 0 Å². The molecule has 0 heterocycles. The Kier molecular flexibility index (Phi) is 26.7. The molecule has 0 aromatic heterocycles. The van der Waals surface area contributed by atoms with Crippen LogP contribution in [0, 0.1) is 0 Å². The highest BCUT2D eigenvalue weighted by atomic mass is 31.2. The van der Waals surface area contributed by atoms with E-state index in [1.165, 1.54) is 0 Å². The van der Waals surface area contributed by atoms with Crippen LogP contribution in [0.3, 0.4) is 0 Å². The third-order valence-electron chi connectivity index (χ3n) is 6.30. The van der Waals surface area contributed by atoms with E-state index in [0.29, 0.717) is 25.7 Å². The molecule has 244 valence electrons. The van der Waals surface area contributed by atoms with E-state index in [2.05, 4.69) is 0 Å². The summed E-state index contributed by atoms with van der Waals surface area (Å²) in [5.41, 5.74) is 0. The molecule has 12 nitrogen and oxygen atoms in total. The maximum atomic E-state index is 10.6. The van der Waals surface area contributed by atoms with Crippen molar-refractivity contribution in [3.63, 3.8) is 0 Å². The highest BCUT2D eigenvalue weighted by Crippen LogP contribution is 2.37. The lowest BCUT2D eigenvalue weighted by Gasteiger charge is -2.05. The minimum absolute atomic E-state index is 0.00737. The number of hydrogen-bond donors (Lipinski definition) is 8. The van der Waals surface area contributed by atoms with Crippen molar-refractivity contribution < 1.29 is 57.4 Å². The lowest BCUT2D eigenvalue weighted by molar-refractivity contribution is 0.368. The Labute approximate surface area is 240 Å². The van der Waals surface area contributed by atoms with Crippen molar-refractivity contribution >= 4 is 30.4 Å². The van der Waals surface area contributed by atoms with Crippen molar-refractivity contribution in [3.8, 4) is 0 Å². The fourth-order valence-corrected chi connectivity index (χ4v) is 6.64. The molecule has 0 aliphatic carbocycles. The van der Waals surface area contributed by atoms with Gasteiger partial charge in [-0.3, -0.25) is 18.3 Å². The molecule has 0 aromatic carbocycles. The maximum absolute atomic E-state index is 10.6. The first kappa shape index (κ1) is 42.7. The zero-order valence-corrected chi connectivity index (χ0v) is 27.5. The van der Waals surface area contributed by atoms with Crippen LogP contribution in [0.5, 0.6) is 0 Å². The summed E-state index contributed by atoms with van der Waals surface area (Å²) in [4.78, 5) is 69.4. The van der Waals surface area contributed by atoms with E-state index < -0.39 is 30.4 Å². The van der Waals surface area contributed by atoms with Crippen molar-refractivity contribution in [1.29, 1.82) is 0 Å². The van der Waals surface area contributed by atoms with Gasteiger partial charge < -0.3 is 39.1 Å². The lowest BCUT2D eigenvalue weighted by Crippen LogP contribution is -1.89. The summed E-state index contributed by atoms with van der Waals surface area (Å²) in [6, 6.07) is 0. The summed E-state index contributed by atoms with van der Waals surface area (Å²) in [7, 11) is -15.2. The van der Waals surface area contributed by atoms with E-state index in [9.17, 15) is 18.3 Å². The third-order valence-corrected chi connectivity index (χ3v) is 9.89. The van der Waals surface area contributed by atoms with Crippen LogP contribution in [-0.4, -0.2) is 63.8 Å². The molecule has 0 atom stereocenters. The second-order valence-corrected chi connectivity index (χ2v) is 17.7.